The molecule has 21 heavy (non-hydrogen) atoms. The Hall–Kier alpha value is -1.81. The monoisotopic (exact) mass is 289 g/mol. The van der Waals surface area contributed by atoms with Gasteiger partial charge in [-0.3, -0.25) is 0 Å². The molecule has 1 fully saturated rings. The summed E-state index contributed by atoms with van der Waals surface area (Å²) in [5.74, 6) is -0.356. The number of nitrogens with one attached hydrogen (secondary N) is 1. The third kappa shape index (κ3) is 6.00. The van der Waals surface area contributed by atoms with Crippen LogP contribution >= 0.6 is 0 Å². The van der Waals surface area contributed by atoms with Gasteiger partial charge in [-0.15, -0.1) is 0 Å². The molecule has 0 saturated carbocycles. The molecule has 1 saturated heterocycles. The van der Waals surface area contributed by atoms with E-state index >= 15 is 0 Å². The molecule has 1 aliphatic heterocycles. The Morgan fingerprint density at radius 2 is 1.81 bits per heavy atom. The van der Waals surface area contributed by atoms with Crippen LogP contribution in [-0.2, 0) is 4.79 Å². The van der Waals surface area contributed by atoms with Crippen LogP contribution in [0, 0.1) is 0 Å². The van der Waals surface area contributed by atoms with Crippen molar-refractivity contribution >= 4 is 12.0 Å². The number of ether oxygens (including phenoxy) is 1. The smallest absolute Gasteiger partial charge is 0.137 e. The number of hydrogen-bond acceptors (Lipinski definition) is 3. The van der Waals surface area contributed by atoms with Gasteiger partial charge in [-0.05, 0) is 49.5 Å². The number of carbonyl (C=O) groups excluding carboxylic acids is 1. The molecule has 0 unspecified atom stereocenters. The quantitative estimate of drug-likeness (QED) is 0.766. The normalized spacial score (nSPS) is 16.8. The Morgan fingerprint density at radius 1 is 1.14 bits per heavy atom. The van der Waals surface area contributed by atoms with Crippen LogP contribution in [0.5, 0.6) is 5.75 Å². The van der Waals surface area contributed by atoms with Crippen LogP contribution in [0.2, 0.25) is 0 Å². The summed E-state index contributed by atoms with van der Waals surface area (Å²) in [4.78, 5) is 12.0. The van der Waals surface area contributed by atoms with Gasteiger partial charge in [-0.25, -0.2) is 0 Å². The molecule has 0 radical (unpaired) electrons. The summed E-state index contributed by atoms with van der Waals surface area (Å²) in [6, 6.07) is 7.42. The van der Waals surface area contributed by atoms with Crippen molar-refractivity contribution in [2.45, 2.75) is 25.7 Å². The van der Waals surface area contributed by atoms with Crippen molar-refractivity contribution in [1.29, 1.82) is 0 Å². The van der Waals surface area contributed by atoms with Crippen molar-refractivity contribution < 1.29 is 19.5 Å². The molecule has 1 N–H and O–H groups in total. The Labute approximate surface area is 126 Å². The molecule has 0 amide bonds. The zero-order chi connectivity index (χ0) is 14.9. The number of aliphatic carboxylic acids is 1. The number of carbonyl (C=O) groups is 1. The second kappa shape index (κ2) is 8.47. The van der Waals surface area contributed by atoms with Crippen LogP contribution in [0.25, 0.3) is 6.08 Å². The standard InChI is InChI=1S/C17H23NO3/c19-17(20)10-7-15-5-8-16(9-6-15)21-14-13-18-11-3-1-2-4-12-18/h5-10H,1-4,11-14H2,(H,19,20)/b10-7+. The molecule has 1 aliphatic rings. The van der Waals surface area contributed by atoms with Crippen molar-refractivity contribution in [1.82, 2.24) is 0 Å². The highest BCUT2D eigenvalue weighted by Gasteiger charge is 2.11. The first-order chi connectivity index (χ1) is 10.2. The van der Waals surface area contributed by atoms with Gasteiger partial charge < -0.3 is 19.5 Å². The largest absolute Gasteiger partial charge is 0.545 e. The Bertz CT molecular complexity index is 459. The van der Waals surface area contributed by atoms with Crippen LogP contribution in [0.3, 0.4) is 0 Å². The summed E-state index contributed by atoms with van der Waals surface area (Å²) in [5, 5.41) is 10.3. The average Bonchev–Trinajstić information content (AvgIpc) is 2.75. The maximum atomic E-state index is 10.3. The zero-order valence-corrected chi connectivity index (χ0v) is 12.3. The molecule has 114 valence electrons. The molecule has 1 heterocycles. The lowest BCUT2D eigenvalue weighted by atomic mass is 10.2. The Morgan fingerprint density at radius 3 is 2.43 bits per heavy atom. The number of carboxylic acid groups (broad SMARTS) is 1. The maximum absolute atomic E-state index is 10.3. The predicted octanol–water partition coefficient (Wildman–Crippen LogP) is 0.287. The molecule has 0 aliphatic carbocycles. The molecule has 1 aromatic rings. The van der Waals surface area contributed by atoms with E-state index in [9.17, 15) is 9.90 Å². The van der Waals surface area contributed by atoms with Gasteiger partial charge in [-0.2, -0.15) is 0 Å². The molecule has 0 atom stereocenters. The lowest BCUT2D eigenvalue weighted by molar-refractivity contribution is -0.899. The van der Waals surface area contributed by atoms with E-state index in [4.69, 9.17) is 4.74 Å². The lowest BCUT2D eigenvalue weighted by Crippen LogP contribution is -3.12. The van der Waals surface area contributed by atoms with Gasteiger partial charge in [0, 0.05) is 0 Å². The minimum Gasteiger partial charge on any atom is -0.545 e. The molecule has 0 spiro atoms. The summed E-state index contributed by atoms with van der Waals surface area (Å²) < 4.78 is 5.76. The van der Waals surface area contributed by atoms with Crippen molar-refractivity contribution in [3.63, 3.8) is 0 Å². The fourth-order valence-electron chi connectivity index (χ4n) is 2.63. The molecule has 1 aromatic carbocycles. The fraction of sp³-hybridized carbons (Fsp3) is 0.471. The van der Waals surface area contributed by atoms with E-state index in [1.54, 1.807) is 4.90 Å². The summed E-state index contributed by atoms with van der Waals surface area (Å²) in [7, 11) is 0. The van der Waals surface area contributed by atoms with E-state index in [0.717, 1.165) is 30.5 Å². The number of hydrogen-bond donors (Lipinski definition) is 1. The van der Waals surface area contributed by atoms with Crippen molar-refractivity contribution in [3.05, 3.63) is 35.9 Å². The van der Waals surface area contributed by atoms with Crippen molar-refractivity contribution in [3.8, 4) is 5.75 Å². The number of quaternary nitrogens is 1. The third-order valence-electron chi connectivity index (χ3n) is 3.83. The van der Waals surface area contributed by atoms with Crippen LogP contribution < -0.4 is 14.7 Å². The topological polar surface area (TPSA) is 53.8 Å². The van der Waals surface area contributed by atoms with Crippen LogP contribution in [0.15, 0.2) is 30.3 Å². The Kier molecular flexibility index (Phi) is 6.28. The minimum atomic E-state index is -1.18. The van der Waals surface area contributed by atoms with Gasteiger partial charge in [0.25, 0.3) is 0 Å². The lowest BCUT2D eigenvalue weighted by Gasteiger charge is -2.17. The predicted molar refractivity (Wildman–Crippen MR) is 80.0 cm³/mol. The Balaban J connectivity index is 1.74. The first kappa shape index (κ1) is 15.6. The van der Waals surface area contributed by atoms with E-state index in [1.807, 2.05) is 24.3 Å². The van der Waals surface area contributed by atoms with E-state index in [-0.39, 0.29) is 0 Å². The van der Waals surface area contributed by atoms with Crippen molar-refractivity contribution in [2.75, 3.05) is 26.2 Å². The first-order valence-electron chi connectivity index (χ1n) is 7.69. The molecular formula is C17H23NO3. The highest BCUT2D eigenvalue weighted by molar-refractivity contribution is 5.83. The molecule has 4 heteroatoms. The highest BCUT2D eigenvalue weighted by atomic mass is 16.5. The third-order valence-corrected chi connectivity index (χ3v) is 3.83. The molecule has 4 nitrogen and oxygen atoms in total. The fourth-order valence-corrected chi connectivity index (χ4v) is 2.63. The summed E-state index contributed by atoms with van der Waals surface area (Å²) >= 11 is 0. The van der Waals surface area contributed by atoms with E-state index in [2.05, 4.69) is 0 Å². The molecule has 2 rings (SSSR count). The first-order valence-corrected chi connectivity index (χ1v) is 7.69. The summed E-state index contributed by atoms with van der Waals surface area (Å²) in [6.07, 6.45) is 7.93. The maximum Gasteiger partial charge on any atom is 0.137 e. The van der Waals surface area contributed by atoms with Crippen molar-refractivity contribution in [2.24, 2.45) is 0 Å². The molecular weight excluding hydrogens is 266 g/mol. The minimum absolute atomic E-state index is 0.726. The summed E-state index contributed by atoms with van der Waals surface area (Å²) in [5.41, 5.74) is 0.824. The van der Waals surface area contributed by atoms with E-state index in [1.165, 1.54) is 44.8 Å². The average molecular weight is 289 g/mol. The number of carboxylic acids is 1. The second-order valence-corrected chi connectivity index (χ2v) is 5.48. The van der Waals surface area contributed by atoms with E-state index in [0.29, 0.717) is 0 Å². The zero-order valence-electron chi connectivity index (χ0n) is 12.3. The van der Waals surface area contributed by atoms with Crippen LogP contribution in [0.1, 0.15) is 31.2 Å². The van der Waals surface area contributed by atoms with Gasteiger partial charge >= 0.3 is 0 Å². The number of benzene rings is 1. The van der Waals surface area contributed by atoms with Gasteiger partial charge in [-0.1, -0.05) is 18.2 Å². The van der Waals surface area contributed by atoms with Gasteiger partial charge in [0.05, 0.1) is 19.1 Å². The number of likely N-dealkylation sites (tertiary alicyclic amines) is 1. The van der Waals surface area contributed by atoms with Gasteiger partial charge in [0.1, 0.15) is 18.9 Å². The number of rotatable bonds is 6. The highest BCUT2D eigenvalue weighted by Crippen LogP contribution is 2.12. The summed E-state index contributed by atoms with van der Waals surface area (Å²) in [6.45, 7) is 4.29. The second-order valence-electron chi connectivity index (χ2n) is 5.48. The molecule has 0 aromatic heterocycles. The van der Waals surface area contributed by atoms with Crippen LogP contribution in [-0.4, -0.2) is 32.2 Å². The van der Waals surface area contributed by atoms with Gasteiger partial charge in [0.2, 0.25) is 0 Å². The van der Waals surface area contributed by atoms with Gasteiger partial charge in [0.15, 0.2) is 0 Å². The molecule has 0 bridgehead atoms. The van der Waals surface area contributed by atoms with Crippen LogP contribution in [0.4, 0.5) is 0 Å². The SMILES string of the molecule is O=C([O-])/C=C/c1ccc(OCC[NH+]2CCCCCC2)cc1. The van der Waals surface area contributed by atoms with E-state index < -0.39 is 5.97 Å².